The van der Waals surface area contributed by atoms with Gasteiger partial charge in [0.2, 0.25) is 5.78 Å². The van der Waals surface area contributed by atoms with Crippen molar-refractivity contribution in [3.05, 3.63) is 57.6 Å². The number of rotatable bonds is 3. The van der Waals surface area contributed by atoms with Gasteiger partial charge in [-0.15, -0.1) is 0 Å². The van der Waals surface area contributed by atoms with Crippen LogP contribution < -0.4 is 4.74 Å². The Hall–Kier alpha value is -3.56. The van der Waals surface area contributed by atoms with Crippen LogP contribution in [-0.2, 0) is 6.54 Å². The highest BCUT2D eigenvalue weighted by atomic mass is 35.5. The zero-order valence-corrected chi connectivity index (χ0v) is 18.5. The lowest BCUT2D eigenvalue weighted by atomic mass is 10.0. The summed E-state index contributed by atoms with van der Waals surface area (Å²) in [5.74, 6) is -0.0529. The summed E-state index contributed by atoms with van der Waals surface area (Å²) in [5, 5.41) is 20.7. The van der Waals surface area contributed by atoms with E-state index in [1.165, 1.54) is 11.0 Å². The van der Waals surface area contributed by atoms with Crippen LogP contribution in [0.1, 0.15) is 27.2 Å². The average molecular weight is 469 g/mol. The van der Waals surface area contributed by atoms with Gasteiger partial charge >= 0.3 is 6.09 Å². The fourth-order valence-electron chi connectivity index (χ4n) is 4.20. The Kier molecular flexibility index (Phi) is 5.22. The van der Waals surface area contributed by atoms with Crippen molar-refractivity contribution >= 4 is 40.6 Å². The maximum atomic E-state index is 13.1. The summed E-state index contributed by atoms with van der Waals surface area (Å²) in [7, 11) is 0. The van der Waals surface area contributed by atoms with Crippen molar-refractivity contribution in [2.75, 3.05) is 26.2 Å². The molecule has 0 unspecified atom stereocenters. The first-order valence-corrected chi connectivity index (χ1v) is 10.8. The number of carbonyl (C=O) groups is 2. The second kappa shape index (κ2) is 8.09. The number of amides is 1. The molecule has 33 heavy (non-hydrogen) atoms. The Labute approximate surface area is 193 Å². The molecular formula is C23H21ClN4O5. The number of carboxylic acid groups (broad SMARTS) is 1. The maximum Gasteiger partial charge on any atom is 0.407 e. The van der Waals surface area contributed by atoms with Crippen LogP contribution in [0.15, 0.2) is 30.2 Å². The van der Waals surface area contributed by atoms with E-state index in [1.807, 2.05) is 24.0 Å². The van der Waals surface area contributed by atoms with Crippen LogP contribution in [0.25, 0.3) is 17.1 Å². The van der Waals surface area contributed by atoms with Gasteiger partial charge in [-0.1, -0.05) is 11.6 Å². The van der Waals surface area contributed by atoms with Crippen LogP contribution in [0.3, 0.4) is 0 Å². The summed E-state index contributed by atoms with van der Waals surface area (Å²) in [6, 6.07) is 5.24. The molecule has 0 radical (unpaired) electrons. The Bertz CT molecular complexity index is 1320. The number of nitrogens with one attached hydrogen (secondary N) is 1. The van der Waals surface area contributed by atoms with Crippen LogP contribution in [0.5, 0.6) is 11.5 Å². The number of phenolic OH excluding ortho intramolecular Hbond substituents is 1. The molecule has 2 aliphatic heterocycles. The molecule has 0 aliphatic carbocycles. The quantitative estimate of drug-likeness (QED) is 0.502. The van der Waals surface area contributed by atoms with Gasteiger partial charge in [-0.05, 0) is 31.2 Å². The number of hydrogen-bond donors (Lipinski definition) is 3. The number of ether oxygens (including phenoxy) is 1. The Balaban J connectivity index is 1.45. The number of allylic oxidation sites excluding steroid dienone is 1. The lowest BCUT2D eigenvalue weighted by molar-refractivity contribution is 0.101. The number of halogens is 1. The number of ketones is 1. The van der Waals surface area contributed by atoms with Crippen molar-refractivity contribution in [2.24, 2.45) is 0 Å². The van der Waals surface area contributed by atoms with E-state index in [2.05, 4.69) is 9.97 Å². The van der Waals surface area contributed by atoms with E-state index in [0.717, 1.165) is 16.6 Å². The zero-order chi connectivity index (χ0) is 23.3. The first-order valence-electron chi connectivity index (χ1n) is 10.5. The lowest BCUT2D eigenvalue weighted by Gasteiger charge is -2.33. The van der Waals surface area contributed by atoms with Gasteiger partial charge in [0.15, 0.2) is 5.76 Å². The van der Waals surface area contributed by atoms with Gasteiger partial charge in [-0.2, -0.15) is 0 Å². The van der Waals surface area contributed by atoms with Gasteiger partial charge in [-0.3, -0.25) is 9.69 Å². The number of hydrogen-bond acceptors (Lipinski definition) is 6. The van der Waals surface area contributed by atoms with Crippen LogP contribution in [0.2, 0.25) is 5.02 Å². The molecule has 3 aromatic rings. The molecule has 0 saturated carbocycles. The van der Waals surface area contributed by atoms with Gasteiger partial charge in [0, 0.05) is 55.6 Å². The second-order valence-electron chi connectivity index (χ2n) is 8.14. The van der Waals surface area contributed by atoms with Crippen molar-refractivity contribution in [2.45, 2.75) is 13.5 Å². The van der Waals surface area contributed by atoms with E-state index in [9.17, 15) is 14.7 Å². The number of aryl methyl sites for hydroxylation is 1. The monoisotopic (exact) mass is 468 g/mol. The Morgan fingerprint density at radius 3 is 2.79 bits per heavy atom. The molecule has 2 aromatic heterocycles. The van der Waals surface area contributed by atoms with E-state index in [0.29, 0.717) is 37.4 Å². The van der Waals surface area contributed by atoms with Gasteiger partial charge in [0.25, 0.3) is 0 Å². The molecule has 4 heterocycles. The lowest BCUT2D eigenvalue weighted by Crippen LogP contribution is -2.47. The third-order valence-electron chi connectivity index (χ3n) is 6.00. The summed E-state index contributed by atoms with van der Waals surface area (Å²) >= 11 is 6.23. The molecule has 170 valence electrons. The minimum absolute atomic E-state index is 0.0675. The fourth-order valence-corrected chi connectivity index (χ4v) is 4.42. The standard InChI is InChI=1S/C23H21ClN4O5/c1-12-2-3-14-13(10-25-22(14)26-12)8-18-20(30)15-9-17(24)19(29)16(21(15)33-18)11-27-4-6-28(7-5-27)23(31)32/h2-3,8-10,29H,4-7,11H2,1H3,(H,25,26)(H,31,32). The van der Waals surface area contributed by atoms with Crippen molar-refractivity contribution < 1.29 is 24.5 Å². The maximum absolute atomic E-state index is 13.1. The van der Waals surface area contributed by atoms with E-state index in [-0.39, 0.29) is 40.2 Å². The number of benzene rings is 1. The molecule has 10 heteroatoms. The first-order chi connectivity index (χ1) is 15.8. The number of piperazine rings is 1. The summed E-state index contributed by atoms with van der Waals surface area (Å²) in [5.41, 5.74) is 3.05. The topological polar surface area (TPSA) is 119 Å². The molecular weight excluding hydrogens is 448 g/mol. The number of aromatic nitrogens is 2. The molecule has 0 spiro atoms. The third-order valence-corrected chi connectivity index (χ3v) is 6.29. The molecule has 0 bridgehead atoms. The SMILES string of the molecule is Cc1ccc2c(C=C3Oc4c(cc(Cl)c(O)c4CN4CCN(C(=O)O)CC4)C3=O)c[nH]c2n1. The molecule has 1 amide bonds. The van der Waals surface area contributed by atoms with Gasteiger partial charge < -0.3 is 24.8 Å². The van der Waals surface area contributed by atoms with Crippen LogP contribution >= 0.6 is 11.6 Å². The Morgan fingerprint density at radius 2 is 2.06 bits per heavy atom. The van der Waals surface area contributed by atoms with E-state index in [4.69, 9.17) is 21.4 Å². The molecule has 2 aliphatic rings. The number of nitrogens with zero attached hydrogens (tertiary/aromatic N) is 3. The number of fused-ring (bicyclic) bond motifs is 2. The molecule has 5 rings (SSSR count). The van der Waals surface area contributed by atoms with Crippen LogP contribution in [0, 0.1) is 6.92 Å². The number of Topliss-reactive ketones (excluding diaryl/α,β-unsaturated/α-hetero) is 1. The number of aromatic hydroxyl groups is 1. The number of carbonyl (C=O) groups excluding carboxylic acids is 1. The summed E-state index contributed by atoms with van der Waals surface area (Å²) in [6.45, 7) is 3.88. The van der Waals surface area contributed by atoms with Crippen LogP contribution in [0.4, 0.5) is 4.79 Å². The predicted molar refractivity (Wildman–Crippen MR) is 122 cm³/mol. The van der Waals surface area contributed by atoms with Crippen molar-refractivity contribution in [1.29, 1.82) is 0 Å². The normalized spacial score (nSPS) is 17.6. The smallest absolute Gasteiger partial charge is 0.407 e. The zero-order valence-electron chi connectivity index (χ0n) is 17.8. The molecule has 1 saturated heterocycles. The largest absolute Gasteiger partial charge is 0.506 e. The van der Waals surface area contributed by atoms with E-state index in [1.54, 1.807) is 12.3 Å². The number of pyridine rings is 1. The predicted octanol–water partition coefficient (Wildman–Crippen LogP) is 3.64. The summed E-state index contributed by atoms with van der Waals surface area (Å²) < 4.78 is 5.96. The minimum Gasteiger partial charge on any atom is -0.506 e. The molecule has 1 aromatic carbocycles. The summed E-state index contributed by atoms with van der Waals surface area (Å²) in [4.78, 5) is 35.1. The highest BCUT2D eigenvalue weighted by molar-refractivity contribution is 6.33. The Morgan fingerprint density at radius 1 is 1.30 bits per heavy atom. The minimum atomic E-state index is -0.951. The number of aromatic amines is 1. The highest BCUT2D eigenvalue weighted by Crippen LogP contribution is 2.44. The van der Waals surface area contributed by atoms with Crippen molar-refractivity contribution in [3.63, 3.8) is 0 Å². The third kappa shape index (κ3) is 3.79. The van der Waals surface area contributed by atoms with Gasteiger partial charge in [0.1, 0.15) is 17.1 Å². The average Bonchev–Trinajstić information content (AvgIpc) is 3.32. The molecule has 3 N–H and O–H groups in total. The van der Waals surface area contributed by atoms with Crippen LogP contribution in [-0.4, -0.2) is 68.0 Å². The fraction of sp³-hybridized carbons (Fsp3) is 0.261. The molecule has 9 nitrogen and oxygen atoms in total. The second-order valence-corrected chi connectivity index (χ2v) is 8.55. The number of H-pyrrole nitrogens is 1. The first kappa shape index (κ1) is 21.3. The summed E-state index contributed by atoms with van der Waals surface area (Å²) in [6.07, 6.45) is 2.46. The van der Waals surface area contributed by atoms with Crippen molar-refractivity contribution in [1.82, 2.24) is 19.8 Å². The van der Waals surface area contributed by atoms with Gasteiger partial charge in [0.05, 0.1) is 16.1 Å². The molecule has 1 fully saturated rings. The molecule has 0 atom stereocenters. The van der Waals surface area contributed by atoms with E-state index < -0.39 is 6.09 Å². The highest BCUT2D eigenvalue weighted by Gasteiger charge is 2.34. The van der Waals surface area contributed by atoms with E-state index >= 15 is 0 Å². The number of phenols is 1. The van der Waals surface area contributed by atoms with Crippen molar-refractivity contribution in [3.8, 4) is 11.5 Å². The van der Waals surface area contributed by atoms with Gasteiger partial charge in [-0.25, -0.2) is 9.78 Å².